The average Bonchev–Trinajstić information content (AvgIpc) is 2.77. The van der Waals surface area contributed by atoms with Crippen LogP contribution in [-0.2, 0) is 14.8 Å². The minimum Gasteiger partial charge on any atom is -0.465 e. The van der Waals surface area contributed by atoms with Crippen molar-refractivity contribution in [1.29, 1.82) is 0 Å². The van der Waals surface area contributed by atoms with Gasteiger partial charge in [-0.15, -0.1) is 11.3 Å². The Morgan fingerprint density at radius 2 is 2.00 bits per heavy atom. The van der Waals surface area contributed by atoms with E-state index < -0.39 is 16.0 Å². The molecule has 21 heavy (non-hydrogen) atoms. The number of methoxy groups -OCH3 is 1. The fraction of sp³-hybridized carbons (Fsp3) is 0.0833. The molecule has 112 valence electrons. The summed E-state index contributed by atoms with van der Waals surface area (Å²) in [5, 5.41) is 0. The number of benzene rings is 1. The van der Waals surface area contributed by atoms with Crippen molar-refractivity contribution < 1.29 is 17.9 Å². The number of carbonyl (C=O) groups excluding carboxylic acids is 1. The number of halogens is 2. The molecule has 1 aromatic heterocycles. The molecule has 0 unspecified atom stereocenters. The van der Waals surface area contributed by atoms with Crippen molar-refractivity contribution in [2.45, 2.75) is 4.90 Å². The summed E-state index contributed by atoms with van der Waals surface area (Å²) in [5.74, 6) is -0.532. The summed E-state index contributed by atoms with van der Waals surface area (Å²) >= 11 is 7.70. The van der Waals surface area contributed by atoms with Gasteiger partial charge in [0.05, 0.1) is 20.2 Å². The first-order valence-electron chi connectivity index (χ1n) is 5.49. The smallest absolute Gasteiger partial charge is 0.337 e. The third-order valence-electron chi connectivity index (χ3n) is 2.45. The predicted molar refractivity (Wildman–Crippen MR) is 88.3 cm³/mol. The van der Waals surface area contributed by atoms with Crippen molar-refractivity contribution in [2.24, 2.45) is 0 Å². The van der Waals surface area contributed by atoms with Crippen LogP contribution in [0, 0.1) is 0 Å². The summed E-state index contributed by atoms with van der Waals surface area (Å²) in [7, 11) is -2.48. The Morgan fingerprint density at radius 1 is 1.29 bits per heavy atom. The molecule has 0 aliphatic carbocycles. The van der Waals surface area contributed by atoms with Crippen LogP contribution in [-0.4, -0.2) is 21.5 Å². The Morgan fingerprint density at radius 3 is 2.57 bits per heavy atom. The van der Waals surface area contributed by atoms with Crippen LogP contribution in [0.1, 0.15) is 10.4 Å². The van der Waals surface area contributed by atoms with E-state index in [2.05, 4.69) is 41.3 Å². The topological polar surface area (TPSA) is 72.5 Å². The highest BCUT2D eigenvalue weighted by Gasteiger charge is 2.21. The highest BCUT2D eigenvalue weighted by Crippen LogP contribution is 2.35. The molecule has 1 N–H and O–H groups in total. The molecule has 5 nitrogen and oxygen atoms in total. The molecule has 0 saturated carbocycles. The van der Waals surface area contributed by atoms with E-state index in [1.807, 2.05) is 0 Å². The summed E-state index contributed by atoms with van der Waals surface area (Å²) in [4.78, 5) is 11.6. The molecule has 2 aromatic rings. The third kappa shape index (κ3) is 3.85. The van der Waals surface area contributed by atoms with Crippen molar-refractivity contribution in [3.05, 3.63) is 43.5 Å². The van der Waals surface area contributed by atoms with Crippen LogP contribution in [0.5, 0.6) is 0 Å². The number of ether oxygens (including phenoxy) is 1. The zero-order valence-corrected chi connectivity index (χ0v) is 15.4. The fourth-order valence-corrected chi connectivity index (χ4v) is 6.41. The van der Waals surface area contributed by atoms with Gasteiger partial charge in [-0.3, -0.25) is 4.72 Å². The van der Waals surface area contributed by atoms with Gasteiger partial charge in [0.15, 0.2) is 0 Å². The number of hydrogen-bond donors (Lipinski definition) is 1. The zero-order chi connectivity index (χ0) is 15.6. The summed E-state index contributed by atoms with van der Waals surface area (Å²) in [6.45, 7) is 0. The van der Waals surface area contributed by atoms with Crippen LogP contribution in [0.2, 0.25) is 0 Å². The number of nitrogens with one attached hydrogen (secondary N) is 1. The SMILES string of the molecule is COC(=O)c1cccc(NS(=O)(=O)c2cc(Br)sc2Br)c1. The maximum Gasteiger partial charge on any atom is 0.337 e. The first-order chi connectivity index (χ1) is 9.83. The van der Waals surface area contributed by atoms with E-state index in [1.54, 1.807) is 18.2 Å². The lowest BCUT2D eigenvalue weighted by Gasteiger charge is -2.08. The number of rotatable bonds is 4. The zero-order valence-electron chi connectivity index (χ0n) is 10.6. The van der Waals surface area contributed by atoms with Crippen molar-refractivity contribution in [3.63, 3.8) is 0 Å². The highest BCUT2D eigenvalue weighted by atomic mass is 79.9. The van der Waals surface area contributed by atoms with E-state index in [-0.39, 0.29) is 16.1 Å². The first-order valence-corrected chi connectivity index (χ1v) is 9.38. The Labute approximate surface area is 142 Å². The lowest BCUT2D eigenvalue weighted by molar-refractivity contribution is 0.0601. The fourth-order valence-electron chi connectivity index (χ4n) is 1.55. The van der Waals surface area contributed by atoms with Gasteiger partial charge >= 0.3 is 5.97 Å². The molecular formula is C12H9Br2NO4S2. The van der Waals surface area contributed by atoms with Crippen LogP contribution >= 0.6 is 43.2 Å². The number of carbonyl (C=O) groups is 1. The molecule has 0 spiro atoms. The van der Waals surface area contributed by atoms with E-state index >= 15 is 0 Å². The van der Waals surface area contributed by atoms with E-state index in [1.165, 1.54) is 30.6 Å². The Hall–Kier alpha value is -0.900. The average molecular weight is 455 g/mol. The molecule has 0 radical (unpaired) electrons. The number of esters is 1. The number of sulfonamides is 1. The second kappa shape index (κ2) is 6.47. The molecule has 0 fully saturated rings. The van der Waals surface area contributed by atoms with Crippen LogP contribution < -0.4 is 4.72 Å². The van der Waals surface area contributed by atoms with Crippen LogP contribution in [0.25, 0.3) is 0 Å². The number of anilines is 1. The lowest BCUT2D eigenvalue weighted by atomic mass is 10.2. The van der Waals surface area contributed by atoms with Gasteiger partial charge in [-0.05, 0) is 56.1 Å². The summed E-state index contributed by atoms with van der Waals surface area (Å²) in [6.07, 6.45) is 0. The highest BCUT2D eigenvalue weighted by molar-refractivity contribution is 9.12. The van der Waals surface area contributed by atoms with E-state index in [4.69, 9.17) is 0 Å². The van der Waals surface area contributed by atoms with Crippen molar-refractivity contribution in [2.75, 3.05) is 11.8 Å². The summed E-state index contributed by atoms with van der Waals surface area (Å²) < 4.78 is 32.8. The molecule has 0 atom stereocenters. The monoisotopic (exact) mass is 453 g/mol. The summed E-state index contributed by atoms with van der Waals surface area (Å²) in [6, 6.07) is 7.59. The Bertz CT molecular complexity index is 786. The molecule has 2 rings (SSSR count). The lowest BCUT2D eigenvalue weighted by Crippen LogP contribution is -2.13. The molecular weight excluding hydrogens is 446 g/mol. The number of hydrogen-bond acceptors (Lipinski definition) is 5. The van der Waals surface area contributed by atoms with Crippen molar-refractivity contribution in [1.82, 2.24) is 0 Å². The van der Waals surface area contributed by atoms with Crippen molar-refractivity contribution >= 4 is 64.9 Å². The molecule has 0 aliphatic heterocycles. The van der Waals surface area contributed by atoms with Crippen LogP contribution in [0.3, 0.4) is 0 Å². The van der Waals surface area contributed by atoms with Gasteiger partial charge < -0.3 is 4.74 Å². The normalized spacial score (nSPS) is 11.2. The molecule has 0 amide bonds. The van der Waals surface area contributed by atoms with Gasteiger partial charge in [0.2, 0.25) is 0 Å². The summed E-state index contributed by atoms with van der Waals surface area (Å²) in [5.41, 5.74) is 0.551. The molecule has 0 bridgehead atoms. The van der Waals surface area contributed by atoms with Gasteiger partial charge in [-0.2, -0.15) is 0 Å². The first kappa shape index (κ1) is 16.5. The van der Waals surface area contributed by atoms with Crippen LogP contribution in [0.15, 0.2) is 42.8 Å². The standard InChI is InChI=1S/C12H9Br2NO4S2/c1-19-12(16)7-3-2-4-8(5-7)15-21(17,18)9-6-10(13)20-11(9)14/h2-6,15H,1H3. The van der Waals surface area contributed by atoms with Crippen molar-refractivity contribution in [3.8, 4) is 0 Å². The second-order valence-corrected chi connectivity index (χ2v) is 9.27. The second-order valence-electron chi connectivity index (χ2n) is 3.87. The van der Waals surface area contributed by atoms with Gasteiger partial charge in [-0.25, -0.2) is 13.2 Å². The predicted octanol–water partition coefficient (Wildman–Crippen LogP) is 3.86. The van der Waals surface area contributed by atoms with E-state index in [0.717, 1.165) is 0 Å². The van der Waals surface area contributed by atoms with Crippen LogP contribution in [0.4, 0.5) is 5.69 Å². The van der Waals surface area contributed by atoms with Gasteiger partial charge in [0.1, 0.15) is 4.90 Å². The molecule has 0 aliphatic rings. The quantitative estimate of drug-likeness (QED) is 0.712. The Balaban J connectivity index is 2.33. The van der Waals surface area contributed by atoms with E-state index in [9.17, 15) is 13.2 Å². The van der Waals surface area contributed by atoms with E-state index in [0.29, 0.717) is 7.57 Å². The van der Waals surface area contributed by atoms with Gasteiger partial charge in [0.25, 0.3) is 10.0 Å². The molecule has 1 heterocycles. The minimum absolute atomic E-state index is 0.128. The molecule has 1 aromatic carbocycles. The minimum atomic E-state index is -3.74. The van der Waals surface area contributed by atoms with Gasteiger partial charge in [-0.1, -0.05) is 6.07 Å². The largest absolute Gasteiger partial charge is 0.465 e. The molecule has 0 saturated heterocycles. The number of thiophene rings is 1. The maximum absolute atomic E-state index is 12.3. The maximum atomic E-state index is 12.3. The Kier molecular flexibility index (Phi) is 5.07. The third-order valence-corrected chi connectivity index (χ3v) is 6.59. The molecule has 9 heteroatoms. The van der Waals surface area contributed by atoms with Gasteiger partial charge in [0, 0.05) is 5.69 Å².